The summed E-state index contributed by atoms with van der Waals surface area (Å²) in [4.78, 5) is 22.4. The zero-order valence-electron chi connectivity index (χ0n) is 22.2. The summed E-state index contributed by atoms with van der Waals surface area (Å²) >= 11 is 0. The van der Waals surface area contributed by atoms with Crippen LogP contribution < -0.4 is 20.7 Å². The lowest BCUT2D eigenvalue weighted by Crippen LogP contribution is -2.41. The van der Waals surface area contributed by atoms with Gasteiger partial charge in [-0.15, -0.1) is 0 Å². The SMILES string of the molecule is CCOC(=O)[C@@H]1CC2(CCN(c3cc(O[C@H](c4ccccc4-c4ccccc4)C(F)(F)F)nc(N)n3)CC2)CN1. The van der Waals surface area contributed by atoms with Crippen LogP contribution in [-0.4, -0.2) is 54.4 Å². The fraction of sp³-hybridized carbons (Fsp3) is 0.414. The van der Waals surface area contributed by atoms with Crippen LogP contribution in [0.25, 0.3) is 11.1 Å². The average molecular weight is 556 g/mol. The molecule has 2 aliphatic rings. The Morgan fingerprint density at radius 2 is 1.82 bits per heavy atom. The predicted molar refractivity (Wildman–Crippen MR) is 145 cm³/mol. The van der Waals surface area contributed by atoms with Crippen molar-refractivity contribution in [3.8, 4) is 17.0 Å². The standard InChI is InChI=1S/C29H32F3N5O3/c1-2-39-26(38)22-17-28(18-34-22)12-14-37(15-13-28)23-16-24(36-27(33)35-23)40-25(29(30,31)32)21-11-7-6-10-20(21)19-8-4-3-5-9-19/h3-11,16,22,25,34H,2,12-15,17-18H2,1H3,(H2,33,35,36)/t22-,25+/m0/s1. The third-order valence-corrected chi connectivity index (χ3v) is 7.65. The molecule has 212 valence electrons. The van der Waals surface area contributed by atoms with E-state index < -0.39 is 12.3 Å². The van der Waals surface area contributed by atoms with Gasteiger partial charge in [-0.3, -0.25) is 4.79 Å². The lowest BCUT2D eigenvalue weighted by Gasteiger charge is -2.39. The van der Waals surface area contributed by atoms with Gasteiger partial charge in [-0.2, -0.15) is 23.1 Å². The second kappa shape index (κ2) is 11.3. The second-order valence-electron chi connectivity index (χ2n) is 10.3. The Labute approximate surface area is 230 Å². The Hall–Kier alpha value is -3.86. The smallest absolute Gasteiger partial charge is 0.429 e. The molecule has 3 N–H and O–H groups in total. The highest BCUT2D eigenvalue weighted by Crippen LogP contribution is 2.43. The number of ether oxygens (including phenoxy) is 2. The van der Waals surface area contributed by atoms with Crippen molar-refractivity contribution in [1.82, 2.24) is 15.3 Å². The van der Waals surface area contributed by atoms with Crippen molar-refractivity contribution in [3.05, 3.63) is 66.2 Å². The van der Waals surface area contributed by atoms with E-state index in [-0.39, 0.29) is 34.8 Å². The molecule has 5 rings (SSSR count). The van der Waals surface area contributed by atoms with Crippen molar-refractivity contribution in [2.75, 3.05) is 36.9 Å². The summed E-state index contributed by atoms with van der Waals surface area (Å²) in [6, 6.07) is 16.2. The number of piperidine rings is 1. The molecule has 1 aromatic heterocycles. The van der Waals surface area contributed by atoms with Crippen molar-refractivity contribution in [3.63, 3.8) is 0 Å². The molecule has 1 spiro atoms. The number of hydrogen-bond donors (Lipinski definition) is 2. The van der Waals surface area contributed by atoms with E-state index in [2.05, 4.69) is 15.3 Å². The fourth-order valence-electron chi connectivity index (χ4n) is 5.60. The van der Waals surface area contributed by atoms with Crippen LogP contribution in [0.1, 0.15) is 37.9 Å². The van der Waals surface area contributed by atoms with Gasteiger partial charge in [0.2, 0.25) is 17.9 Å². The number of carbonyl (C=O) groups is 1. The molecule has 8 nitrogen and oxygen atoms in total. The van der Waals surface area contributed by atoms with Crippen molar-refractivity contribution in [2.45, 2.75) is 44.5 Å². The second-order valence-corrected chi connectivity index (χ2v) is 10.3. The lowest BCUT2D eigenvalue weighted by molar-refractivity contribution is -0.198. The number of nitrogens with one attached hydrogen (secondary N) is 1. The third kappa shape index (κ3) is 5.99. The molecule has 2 saturated heterocycles. The molecule has 3 heterocycles. The molecule has 0 radical (unpaired) electrons. The summed E-state index contributed by atoms with van der Waals surface area (Å²) in [7, 11) is 0. The van der Waals surface area contributed by atoms with Crippen LogP contribution in [0.3, 0.4) is 0 Å². The van der Waals surface area contributed by atoms with Crippen molar-refractivity contribution in [2.24, 2.45) is 5.41 Å². The Bertz CT molecular complexity index is 1330. The molecule has 11 heteroatoms. The third-order valence-electron chi connectivity index (χ3n) is 7.65. The Morgan fingerprint density at radius 1 is 1.12 bits per heavy atom. The number of aromatic nitrogens is 2. The topological polar surface area (TPSA) is 103 Å². The van der Waals surface area contributed by atoms with Gasteiger partial charge in [0.05, 0.1) is 6.61 Å². The summed E-state index contributed by atoms with van der Waals surface area (Å²) in [5, 5.41) is 3.28. The average Bonchev–Trinajstić information content (AvgIpc) is 3.35. The first-order chi connectivity index (χ1) is 19.2. The van der Waals surface area contributed by atoms with Crippen LogP contribution in [0.15, 0.2) is 60.7 Å². The molecule has 0 bridgehead atoms. The van der Waals surface area contributed by atoms with E-state index in [1.807, 2.05) is 4.90 Å². The molecule has 40 heavy (non-hydrogen) atoms. The minimum absolute atomic E-state index is 0.0234. The maximum Gasteiger partial charge on any atom is 0.429 e. The first kappa shape index (κ1) is 27.7. The minimum Gasteiger partial charge on any atom is -0.465 e. The molecule has 0 saturated carbocycles. The lowest BCUT2D eigenvalue weighted by atomic mass is 9.76. The number of rotatable bonds is 7. The first-order valence-corrected chi connectivity index (χ1v) is 13.3. The highest BCUT2D eigenvalue weighted by atomic mass is 19.4. The maximum atomic E-state index is 14.4. The van der Waals surface area contributed by atoms with Crippen LogP contribution in [-0.2, 0) is 9.53 Å². The van der Waals surface area contributed by atoms with E-state index in [1.54, 1.807) is 55.5 Å². The Kier molecular flexibility index (Phi) is 7.84. The van der Waals surface area contributed by atoms with Crippen molar-refractivity contribution in [1.29, 1.82) is 0 Å². The summed E-state index contributed by atoms with van der Waals surface area (Å²) in [6.45, 7) is 4.04. The van der Waals surface area contributed by atoms with E-state index >= 15 is 0 Å². The first-order valence-electron chi connectivity index (χ1n) is 13.3. The van der Waals surface area contributed by atoms with Gasteiger partial charge < -0.3 is 25.4 Å². The maximum absolute atomic E-state index is 14.4. The number of nitrogens with two attached hydrogens (primary N) is 1. The number of anilines is 2. The molecule has 2 atom stereocenters. The van der Waals surface area contributed by atoms with Crippen LogP contribution in [0, 0.1) is 5.41 Å². The number of benzene rings is 2. The highest BCUT2D eigenvalue weighted by Gasteiger charge is 2.46. The van der Waals surface area contributed by atoms with Crippen molar-refractivity contribution < 1.29 is 27.4 Å². The van der Waals surface area contributed by atoms with E-state index in [0.29, 0.717) is 49.6 Å². The monoisotopic (exact) mass is 555 g/mol. The minimum atomic E-state index is -4.72. The predicted octanol–water partition coefficient (Wildman–Crippen LogP) is 4.92. The Morgan fingerprint density at radius 3 is 2.52 bits per heavy atom. The normalized spacial score (nSPS) is 19.4. The van der Waals surface area contributed by atoms with Gasteiger partial charge >= 0.3 is 12.1 Å². The summed E-state index contributed by atoms with van der Waals surface area (Å²) < 4.78 is 53.9. The number of hydrogen-bond acceptors (Lipinski definition) is 8. The molecule has 0 unspecified atom stereocenters. The van der Waals surface area contributed by atoms with E-state index in [9.17, 15) is 18.0 Å². The van der Waals surface area contributed by atoms with Gasteiger partial charge in [0.1, 0.15) is 11.9 Å². The van der Waals surface area contributed by atoms with Gasteiger partial charge in [0.15, 0.2) is 0 Å². The quantitative estimate of drug-likeness (QED) is 0.396. The molecule has 0 aliphatic carbocycles. The van der Waals surface area contributed by atoms with Gasteiger partial charge in [-0.05, 0) is 42.7 Å². The van der Waals surface area contributed by atoms with Gasteiger partial charge in [-0.25, -0.2) is 0 Å². The molecule has 2 fully saturated rings. The molecule has 0 amide bonds. The van der Waals surface area contributed by atoms with E-state index in [1.165, 1.54) is 12.1 Å². The zero-order chi connectivity index (χ0) is 28.3. The van der Waals surface area contributed by atoms with Crippen molar-refractivity contribution >= 4 is 17.7 Å². The molecule has 3 aromatic rings. The number of nitrogens with zero attached hydrogens (tertiary/aromatic N) is 3. The molecular weight excluding hydrogens is 523 g/mol. The summed E-state index contributed by atoms with van der Waals surface area (Å²) in [5.74, 6) is -0.254. The fourth-order valence-corrected chi connectivity index (χ4v) is 5.60. The summed E-state index contributed by atoms with van der Waals surface area (Å²) in [5.41, 5.74) is 6.93. The van der Waals surface area contributed by atoms with Crippen LogP contribution >= 0.6 is 0 Å². The number of alkyl halides is 3. The molecular formula is C29H32F3N5O3. The summed E-state index contributed by atoms with van der Waals surface area (Å²) in [6.07, 6.45) is -4.72. The van der Waals surface area contributed by atoms with E-state index in [4.69, 9.17) is 15.2 Å². The molecule has 2 aromatic carbocycles. The van der Waals surface area contributed by atoms with Crippen LogP contribution in [0.2, 0.25) is 0 Å². The van der Waals surface area contributed by atoms with Crippen LogP contribution in [0.4, 0.5) is 24.9 Å². The van der Waals surface area contributed by atoms with Crippen LogP contribution in [0.5, 0.6) is 5.88 Å². The number of carbonyl (C=O) groups excluding carboxylic acids is 1. The van der Waals surface area contributed by atoms with Gasteiger partial charge in [-0.1, -0.05) is 54.6 Å². The number of halogens is 3. The Balaban J connectivity index is 1.35. The largest absolute Gasteiger partial charge is 0.465 e. The number of nitrogen functional groups attached to an aromatic ring is 1. The van der Waals surface area contributed by atoms with Gasteiger partial charge in [0.25, 0.3) is 0 Å². The van der Waals surface area contributed by atoms with E-state index in [0.717, 1.165) is 12.8 Å². The van der Waals surface area contributed by atoms with Gasteiger partial charge in [0, 0.05) is 31.3 Å². The number of esters is 1. The molecule has 2 aliphatic heterocycles. The highest BCUT2D eigenvalue weighted by molar-refractivity contribution is 5.76. The zero-order valence-corrected chi connectivity index (χ0v) is 22.2.